The predicted octanol–water partition coefficient (Wildman–Crippen LogP) is 9.56. The third-order valence-electron chi connectivity index (χ3n) is 9.23. The zero-order chi connectivity index (χ0) is 49.5. The van der Waals surface area contributed by atoms with Gasteiger partial charge in [-0.05, 0) is 124 Å². The zero-order valence-electron chi connectivity index (χ0n) is 40.6. The minimum Gasteiger partial charge on any atom is -0.441 e. The fourth-order valence-corrected chi connectivity index (χ4v) is 7.10. The summed E-state index contributed by atoms with van der Waals surface area (Å²) in [5.41, 5.74) is 7.63. The Bertz CT molecular complexity index is 2970. The van der Waals surface area contributed by atoms with Gasteiger partial charge in [-0.1, -0.05) is 60.7 Å². The van der Waals surface area contributed by atoms with Crippen molar-refractivity contribution in [2.24, 2.45) is 19.1 Å². The maximum Gasteiger partial charge on any atom is 0.192 e. The zero-order valence-corrected chi connectivity index (χ0v) is 42.2. The van der Waals surface area contributed by atoms with E-state index in [-0.39, 0.29) is 0 Å². The Labute approximate surface area is 408 Å². The van der Waals surface area contributed by atoms with Crippen LogP contribution in [0.5, 0.6) is 0 Å². The summed E-state index contributed by atoms with van der Waals surface area (Å²) < 4.78 is 11.8. The van der Waals surface area contributed by atoms with Gasteiger partial charge in [-0.2, -0.15) is 9.78 Å². The number of oxazole rings is 1. The highest BCUT2D eigenvalue weighted by Crippen LogP contribution is 2.25. The molecule has 4 aromatic carbocycles. The summed E-state index contributed by atoms with van der Waals surface area (Å²) >= 11 is 3.36. The van der Waals surface area contributed by atoms with Crippen LogP contribution in [0.4, 0.5) is 5.69 Å². The van der Waals surface area contributed by atoms with E-state index in [0.717, 1.165) is 78.6 Å². The van der Waals surface area contributed by atoms with Crippen LogP contribution in [0.2, 0.25) is 0 Å². The summed E-state index contributed by atoms with van der Waals surface area (Å²) in [5, 5.41) is 38.8. The molecule has 19 nitrogen and oxygen atoms in total. The normalized spacial score (nSPS) is 10.6. The molecule has 0 amide bonds. The van der Waals surface area contributed by atoms with Gasteiger partial charge in [-0.3, -0.25) is 10.1 Å². The summed E-state index contributed by atoms with van der Waals surface area (Å²) in [4.78, 5) is 20.6. The molecule has 11 aromatic rings. The third-order valence-corrected chi connectivity index (χ3v) is 10.9. The van der Waals surface area contributed by atoms with E-state index >= 15 is 0 Å². The highest BCUT2D eigenvalue weighted by molar-refractivity contribution is 7.18. The number of hydrogen-bond donors (Lipinski definition) is 1. The molecule has 1 N–H and O–H groups in total. The first-order chi connectivity index (χ1) is 33.2. The van der Waals surface area contributed by atoms with Gasteiger partial charge in [-0.15, -0.1) is 43.1 Å². The predicted molar refractivity (Wildman–Crippen MR) is 272 cm³/mol. The smallest absolute Gasteiger partial charge is 0.192 e. The van der Waals surface area contributed by atoms with E-state index in [1.807, 2.05) is 152 Å². The molecule has 1 aliphatic heterocycles. The lowest BCUT2D eigenvalue weighted by molar-refractivity contribution is 0.561. The quantitative estimate of drug-likeness (QED) is 0.162. The number of nitrogens with one attached hydrogen (secondary N) is 1. The summed E-state index contributed by atoms with van der Waals surface area (Å²) in [6.45, 7) is 17.4. The number of H-pyrrole nitrogens is 1. The van der Waals surface area contributed by atoms with Gasteiger partial charge < -0.3 is 8.98 Å². The number of fused-ring (bicyclic) bond motifs is 3. The number of rotatable bonds is 1. The summed E-state index contributed by atoms with van der Waals surface area (Å²) in [6, 6.07) is 34.0. The van der Waals surface area contributed by atoms with Crippen molar-refractivity contribution in [3.63, 3.8) is 0 Å². The average molecular weight is 965 g/mol. The van der Waals surface area contributed by atoms with Crippen molar-refractivity contribution in [1.29, 1.82) is 0 Å². The number of para-hydroxylation sites is 5. The second-order valence-corrected chi connectivity index (χ2v) is 17.5. The van der Waals surface area contributed by atoms with Crippen LogP contribution >= 0.6 is 22.7 Å². The molecular formula is C48H56N18OS2. The molecule has 0 aliphatic carbocycles. The molecule has 12 rings (SSSR count). The Morgan fingerprint density at radius 2 is 1.25 bits per heavy atom. The molecule has 0 radical (unpaired) electrons. The van der Waals surface area contributed by atoms with Gasteiger partial charge in [0.05, 0.1) is 26.6 Å². The average Bonchev–Trinajstić information content (AvgIpc) is 4.22. The number of nitrogens with zero attached hydrogens (tertiary/aromatic N) is 17. The maximum atomic E-state index is 5.26. The maximum absolute atomic E-state index is 5.26. The molecule has 7 aromatic heterocycles. The fraction of sp³-hybridized carbons (Fsp3) is 0.250. The molecule has 0 saturated carbocycles. The Kier molecular flexibility index (Phi) is 20.3. The monoisotopic (exact) mass is 964 g/mol. The SMILES string of the molecule is CC1=Nc2ccccc2C1.Cc1nc2ccccc2o1.Cc1nc2ccccc2s1.Cc1nccn1C.Cc1ncn[nH]1.Cc1nnc(C)s1.Cc1nnnn1-c1ccccc1.Cc1nnnn1C. The van der Waals surface area contributed by atoms with Gasteiger partial charge in [0.1, 0.15) is 39.3 Å². The van der Waals surface area contributed by atoms with Gasteiger partial charge >= 0.3 is 0 Å². The fourth-order valence-electron chi connectivity index (χ4n) is 5.68. The lowest BCUT2D eigenvalue weighted by atomic mass is 10.1. The molecular weight excluding hydrogens is 909 g/mol. The first kappa shape index (κ1) is 51.9. The number of aromatic nitrogens is 17. The van der Waals surface area contributed by atoms with E-state index in [9.17, 15) is 0 Å². The minimum atomic E-state index is 0.723. The first-order valence-corrected chi connectivity index (χ1v) is 23.2. The molecule has 0 fully saturated rings. The number of thiazole rings is 1. The van der Waals surface area contributed by atoms with E-state index in [2.05, 4.69) is 108 Å². The number of imidazole rings is 1. The highest BCUT2D eigenvalue weighted by atomic mass is 32.1. The van der Waals surface area contributed by atoms with Crippen LogP contribution < -0.4 is 0 Å². The van der Waals surface area contributed by atoms with Crippen LogP contribution in [0.3, 0.4) is 0 Å². The standard InChI is InChI=1S/C9H9N.C8H8N4.C8H7NO.C8H7NS.C5H8N2.C4H6N2S.C3H6N4.C3H5N3/c1-7-6-8-4-2-3-5-9(8)10-7;1-7-9-10-11-12(7)8-5-3-2-4-6-8;2*1-6-9-7-4-2-3-5-8(7)10-6;1-5-6-3-4-7(5)2;1-3-5-6-4(2)7-3;1-3-4-5-6-7(3)2;1-3-4-2-5-6-3/h2-5H,6H2,1H3;2-6H,1H3;2*2-5H,1H3;3-4H,1-2H3;2*1-2H3;2H,1H3,(H,4,5,6). The van der Waals surface area contributed by atoms with Gasteiger partial charge in [0, 0.05) is 45.5 Å². The van der Waals surface area contributed by atoms with Crippen molar-refractivity contribution >= 4 is 55.4 Å². The van der Waals surface area contributed by atoms with Gasteiger partial charge in [0.25, 0.3) is 0 Å². The molecule has 21 heteroatoms. The van der Waals surface area contributed by atoms with Crippen molar-refractivity contribution in [2.45, 2.75) is 68.7 Å². The van der Waals surface area contributed by atoms with Gasteiger partial charge in [0.2, 0.25) is 0 Å². The van der Waals surface area contributed by atoms with Crippen molar-refractivity contribution in [3.05, 3.63) is 172 Å². The van der Waals surface area contributed by atoms with Gasteiger partial charge in [0.15, 0.2) is 17.3 Å². The van der Waals surface area contributed by atoms with E-state index < -0.39 is 0 Å². The molecule has 8 heterocycles. The number of benzene rings is 4. The van der Waals surface area contributed by atoms with Crippen LogP contribution in [0.1, 0.15) is 56.7 Å². The lowest BCUT2D eigenvalue weighted by Crippen LogP contribution is -1.98. The Balaban J connectivity index is 0.000000149. The van der Waals surface area contributed by atoms with E-state index in [4.69, 9.17) is 4.42 Å². The van der Waals surface area contributed by atoms with Crippen LogP contribution in [-0.4, -0.2) is 91.0 Å². The Hall–Kier alpha value is -8.04. The van der Waals surface area contributed by atoms with E-state index in [0.29, 0.717) is 0 Å². The molecule has 0 bridgehead atoms. The second kappa shape index (κ2) is 26.9. The largest absolute Gasteiger partial charge is 0.441 e. The van der Waals surface area contributed by atoms with Crippen molar-refractivity contribution < 1.29 is 4.42 Å². The highest BCUT2D eigenvalue weighted by Gasteiger charge is 2.08. The minimum absolute atomic E-state index is 0.723. The van der Waals surface area contributed by atoms with Crippen LogP contribution in [-0.2, 0) is 20.5 Å². The summed E-state index contributed by atoms with van der Waals surface area (Å²) in [7, 11) is 3.78. The second-order valence-electron chi connectivity index (χ2n) is 14.9. The number of aliphatic imine (C=N–C) groups is 1. The Morgan fingerprint density at radius 1 is 0.594 bits per heavy atom. The molecule has 356 valence electrons. The number of hydrogen-bond acceptors (Lipinski definition) is 17. The van der Waals surface area contributed by atoms with Crippen LogP contribution in [0.25, 0.3) is 27.0 Å². The van der Waals surface area contributed by atoms with E-state index in [1.165, 1.54) is 22.3 Å². The summed E-state index contributed by atoms with van der Waals surface area (Å²) in [6.07, 6.45) is 6.23. The van der Waals surface area contributed by atoms with Crippen LogP contribution in [0, 0.1) is 55.4 Å². The van der Waals surface area contributed by atoms with Gasteiger partial charge in [-0.25, -0.2) is 24.6 Å². The Morgan fingerprint density at radius 3 is 1.74 bits per heavy atom. The first-order valence-electron chi connectivity index (χ1n) is 21.5. The lowest BCUT2D eigenvalue weighted by Gasteiger charge is -1.98. The number of aromatic amines is 1. The number of tetrazole rings is 2. The topological polar surface area (TPSA) is 224 Å². The third kappa shape index (κ3) is 17.6. The van der Waals surface area contributed by atoms with E-state index in [1.54, 1.807) is 45.3 Å². The summed E-state index contributed by atoms with van der Waals surface area (Å²) in [5.74, 6) is 4.26. The van der Waals surface area contributed by atoms with Crippen LogP contribution in [0.15, 0.2) is 131 Å². The van der Waals surface area contributed by atoms with Crippen molar-refractivity contribution in [2.75, 3.05) is 0 Å². The molecule has 0 atom stereocenters. The molecule has 1 aliphatic rings. The molecule has 69 heavy (non-hydrogen) atoms. The number of aryl methyl sites for hydroxylation is 10. The molecule has 0 spiro atoms. The van der Waals surface area contributed by atoms with Crippen molar-refractivity contribution in [1.82, 2.24) is 85.3 Å². The molecule has 0 saturated heterocycles. The van der Waals surface area contributed by atoms with Crippen molar-refractivity contribution in [3.8, 4) is 5.69 Å². The molecule has 0 unspecified atom stereocenters.